The lowest BCUT2D eigenvalue weighted by Crippen LogP contribution is -2.36. The number of carbonyl (C=O) groups excluding carboxylic acids is 1. The third kappa shape index (κ3) is 4.77. The van der Waals surface area contributed by atoms with Crippen LogP contribution in [-0.4, -0.2) is 42.1 Å². The van der Waals surface area contributed by atoms with Crippen LogP contribution in [-0.2, 0) is 9.53 Å². The summed E-state index contributed by atoms with van der Waals surface area (Å²) < 4.78 is 5.09. The first-order valence-corrected chi connectivity index (χ1v) is 9.11. The molecular weight excluding hydrogens is 330 g/mol. The van der Waals surface area contributed by atoms with Crippen molar-refractivity contribution in [3.8, 4) is 0 Å². The van der Waals surface area contributed by atoms with E-state index in [0.29, 0.717) is 13.0 Å². The van der Waals surface area contributed by atoms with Gasteiger partial charge in [0.1, 0.15) is 0 Å². The lowest BCUT2D eigenvalue weighted by atomic mass is 9.97. The van der Waals surface area contributed by atoms with Gasteiger partial charge in [-0.3, -0.25) is 14.9 Å². The molecule has 0 aliphatic carbocycles. The number of aromatic nitrogens is 1. The van der Waals surface area contributed by atoms with Crippen LogP contribution in [0.3, 0.4) is 0 Å². The number of thiazole rings is 1. The van der Waals surface area contributed by atoms with Crippen LogP contribution in [0.15, 0.2) is 11.5 Å². The van der Waals surface area contributed by atoms with Crippen LogP contribution in [0, 0.1) is 16.0 Å². The van der Waals surface area contributed by atoms with Crippen molar-refractivity contribution in [2.24, 2.45) is 5.92 Å². The van der Waals surface area contributed by atoms with E-state index in [9.17, 15) is 14.9 Å². The number of allylic oxidation sites excluding steroid dienone is 1. The van der Waals surface area contributed by atoms with E-state index < -0.39 is 0 Å². The average molecular weight is 353 g/mol. The van der Waals surface area contributed by atoms with Crippen molar-refractivity contribution in [1.29, 1.82) is 0 Å². The normalized spacial score (nSPS) is 16.2. The second-order valence-electron chi connectivity index (χ2n) is 5.63. The quantitative estimate of drug-likeness (QED) is 0.425. The van der Waals surface area contributed by atoms with Gasteiger partial charge in [0, 0.05) is 23.4 Å². The summed E-state index contributed by atoms with van der Waals surface area (Å²) in [7, 11) is 0. The third-order valence-corrected chi connectivity index (χ3v) is 4.98. The summed E-state index contributed by atoms with van der Waals surface area (Å²) >= 11 is 1.54. The molecule has 132 valence electrons. The number of nitrogens with zero attached hydrogens (tertiary/aromatic N) is 3. The fourth-order valence-corrected chi connectivity index (χ4v) is 3.64. The van der Waals surface area contributed by atoms with Crippen LogP contribution in [0.25, 0.3) is 5.57 Å². The largest absolute Gasteiger partial charge is 0.466 e. The number of carbonyl (C=O) groups is 1. The molecule has 0 spiro atoms. The summed E-state index contributed by atoms with van der Waals surface area (Å²) in [6.45, 7) is 5.58. The van der Waals surface area contributed by atoms with E-state index in [1.54, 1.807) is 17.4 Å². The Hall–Kier alpha value is -1.96. The van der Waals surface area contributed by atoms with E-state index in [2.05, 4.69) is 9.88 Å². The molecule has 0 amide bonds. The van der Waals surface area contributed by atoms with Crippen molar-refractivity contribution >= 4 is 28.0 Å². The Bertz CT molecular complexity index is 606. The number of hydrogen-bond acceptors (Lipinski definition) is 7. The van der Waals surface area contributed by atoms with Gasteiger partial charge in [-0.05, 0) is 37.8 Å². The SMILES string of the molecule is CCOC(=O)C1CCN(c2nc(/C(=C/C[N+](=O)[O-])CC)cs2)CC1. The topological polar surface area (TPSA) is 85.6 Å². The maximum Gasteiger partial charge on any atom is 0.309 e. The summed E-state index contributed by atoms with van der Waals surface area (Å²) in [6, 6.07) is 0. The standard InChI is InChI=1S/C16H23N3O4S/c1-3-12(7-10-19(21)22)14-11-24-16(17-14)18-8-5-13(6-9-18)15(20)23-4-2/h7,11,13H,3-6,8-10H2,1-2H3/b12-7+. The summed E-state index contributed by atoms with van der Waals surface area (Å²) in [4.78, 5) is 28.8. The van der Waals surface area contributed by atoms with Gasteiger partial charge in [0.15, 0.2) is 5.13 Å². The molecule has 7 nitrogen and oxygen atoms in total. The minimum Gasteiger partial charge on any atom is -0.466 e. The van der Waals surface area contributed by atoms with E-state index in [4.69, 9.17) is 4.74 Å². The van der Waals surface area contributed by atoms with E-state index in [-0.39, 0.29) is 23.4 Å². The van der Waals surface area contributed by atoms with Crippen LogP contribution >= 0.6 is 11.3 Å². The summed E-state index contributed by atoms with van der Waals surface area (Å²) in [5.41, 5.74) is 1.71. The van der Waals surface area contributed by atoms with Gasteiger partial charge >= 0.3 is 5.97 Å². The lowest BCUT2D eigenvalue weighted by molar-refractivity contribution is -0.468. The van der Waals surface area contributed by atoms with Gasteiger partial charge in [-0.25, -0.2) is 4.98 Å². The highest BCUT2D eigenvalue weighted by Gasteiger charge is 2.27. The van der Waals surface area contributed by atoms with Crippen LogP contribution in [0.1, 0.15) is 38.8 Å². The maximum atomic E-state index is 11.8. The van der Waals surface area contributed by atoms with Gasteiger partial charge in [-0.1, -0.05) is 6.92 Å². The number of piperidine rings is 1. The predicted molar refractivity (Wildman–Crippen MR) is 93.8 cm³/mol. The van der Waals surface area contributed by atoms with E-state index in [0.717, 1.165) is 42.3 Å². The molecule has 0 bridgehead atoms. The summed E-state index contributed by atoms with van der Waals surface area (Å²) in [6.07, 6.45) is 3.88. The molecule has 0 radical (unpaired) electrons. The molecule has 2 rings (SSSR count). The maximum absolute atomic E-state index is 11.8. The van der Waals surface area contributed by atoms with Crippen molar-refractivity contribution in [3.05, 3.63) is 27.3 Å². The Labute approximate surface area is 145 Å². The number of nitro groups is 1. The molecular formula is C16H23N3O4S. The minimum atomic E-state index is -0.344. The molecule has 1 fully saturated rings. The second kappa shape index (κ2) is 8.77. The number of esters is 1. The molecule has 0 atom stereocenters. The highest BCUT2D eigenvalue weighted by molar-refractivity contribution is 7.13. The molecule has 1 aliphatic rings. The van der Waals surface area contributed by atoms with Crippen molar-refractivity contribution in [3.63, 3.8) is 0 Å². The number of rotatable bonds is 7. The van der Waals surface area contributed by atoms with Crippen LogP contribution in [0.4, 0.5) is 5.13 Å². The second-order valence-corrected chi connectivity index (χ2v) is 6.46. The third-order valence-electron chi connectivity index (χ3n) is 4.07. The molecule has 8 heteroatoms. The number of ether oxygens (including phenoxy) is 1. The molecule has 1 aromatic rings. The van der Waals surface area contributed by atoms with Crippen LogP contribution in [0.2, 0.25) is 0 Å². The van der Waals surface area contributed by atoms with E-state index in [1.165, 1.54) is 0 Å². The van der Waals surface area contributed by atoms with Gasteiger partial charge in [0.05, 0.1) is 18.2 Å². The lowest BCUT2D eigenvalue weighted by Gasteiger charge is -2.30. The highest BCUT2D eigenvalue weighted by Crippen LogP contribution is 2.29. The first kappa shape index (κ1) is 18.4. The van der Waals surface area contributed by atoms with Gasteiger partial charge in [0.25, 0.3) is 0 Å². The predicted octanol–water partition coefficient (Wildman–Crippen LogP) is 2.99. The highest BCUT2D eigenvalue weighted by atomic mass is 32.1. The fraction of sp³-hybridized carbons (Fsp3) is 0.625. The minimum absolute atomic E-state index is 0.0215. The van der Waals surface area contributed by atoms with Crippen molar-refractivity contribution in [2.45, 2.75) is 33.1 Å². The zero-order valence-electron chi connectivity index (χ0n) is 14.1. The Morgan fingerprint density at radius 1 is 1.50 bits per heavy atom. The fourth-order valence-electron chi connectivity index (χ4n) is 2.74. The molecule has 0 unspecified atom stereocenters. The van der Waals surface area contributed by atoms with E-state index in [1.807, 2.05) is 19.2 Å². The summed E-state index contributed by atoms with van der Waals surface area (Å²) in [5, 5.41) is 13.4. The van der Waals surface area contributed by atoms with Gasteiger partial charge in [0.2, 0.25) is 6.54 Å². The average Bonchev–Trinajstić information content (AvgIpc) is 3.05. The molecule has 0 N–H and O–H groups in total. The molecule has 0 saturated carbocycles. The Morgan fingerprint density at radius 2 is 2.21 bits per heavy atom. The zero-order chi connectivity index (χ0) is 17.5. The van der Waals surface area contributed by atoms with Crippen molar-refractivity contribution < 1.29 is 14.5 Å². The Kier molecular flexibility index (Phi) is 6.72. The summed E-state index contributed by atoms with van der Waals surface area (Å²) in [5.74, 6) is -0.125. The van der Waals surface area contributed by atoms with Gasteiger partial charge in [-0.2, -0.15) is 0 Å². The Balaban J connectivity index is 1.97. The smallest absolute Gasteiger partial charge is 0.309 e. The zero-order valence-corrected chi connectivity index (χ0v) is 14.9. The first-order chi connectivity index (χ1) is 11.5. The molecule has 1 saturated heterocycles. The molecule has 24 heavy (non-hydrogen) atoms. The van der Waals surface area contributed by atoms with Crippen molar-refractivity contribution in [2.75, 3.05) is 31.1 Å². The Morgan fingerprint density at radius 3 is 2.79 bits per heavy atom. The molecule has 1 aromatic heterocycles. The number of anilines is 1. The van der Waals surface area contributed by atoms with Crippen molar-refractivity contribution in [1.82, 2.24) is 4.98 Å². The first-order valence-electron chi connectivity index (χ1n) is 8.23. The van der Waals surface area contributed by atoms with Gasteiger partial charge in [-0.15, -0.1) is 11.3 Å². The monoisotopic (exact) mass is 353 g/mol. The number of hydrogen-bond donors (Lipinski definition) is 0. The molecule has 0 aromatic carbocycles. The molecule has 2 heterocycles. The van der Waals surface area contributed by atoms with Crippen LogP contribution in [0.5, 0.6) is 0 Å². The van der Waals surface area contributed by atoms with Crippen LogP contribution < -0.4 is 4.90 Å². The molecule has 1 aliphatic heterocycles. The van der Waals surface area contributed by atoms with E-state index >= 15 is 0 Å². The van der Waals surface area contributed by atoms with Gasteiger partial charge < -0.3 is 9.64 Å².